The van der Waals surface area contributed by atoms with Crippen molar-refractivity contribution in [3.8, 4) is 5.75 Å². The van der Waals surface area contributed by atoms with E-state index in [1.165, 1.54) is 10.0 Å². The van der Waals surface area contributed by atoms with E-state index in [0.717, 1.165) is 63.9 Å². The van der Waals surface area contributed by atoms with Crippen molar-refractivity contribution in [2.24, 2.45) is 0 Å². The van der Waals surface area contributed by atoms with Gasteiger partial charge in [0.15, 0.2) is 0 Å². The second-order valence-electron chi connectivity index (χ2n) is 7.87. The van der Waals surface area contributed by atoms with Gasteiger partial charge in [0.05, 0.1) is 22.9 Å². The maximum absolute atomic E-state index is 12.5. The lowest BCUT2D eigenvalue weighted by molar-refractivity contribution is 0.148. The molecule has 0 saturated carbocycles. The summed E-state index contributed by atoms with van der Waals surface area (Å²) >= 11 is 6.88. The molecule has 2 aromatic carbocycles. The summed E-state index contributed by atoms with van der Waals surface area (Å²) in [5.41, 5.74) is 1.87. The third kappa shape index (κ3) is 6.48. The predicted molar refractivity (Wildman–Crippen MR) is 142 cm³/mol. The number of ether oxygens (including phenoxy) is 1. The Morgan fingerprint density at radius 1 is 1.03 bits per heavy atom. The summed E-state index contributed by atoms with van der Waals surface area (Å²) in [5, 5.41) is 0.976. The average Bonchev–Trinajstić information content (AvgIpc) is 3.15. The second kappa shape index (κ2) is 11.7. The average molecular weight is 599 g/mol. The largest absolute Gasteiger partial charge is 0.496 e. The van der Waals surface area contributed by atoms with Gasteiger partial charge in [0, 0.05) is 48.8 Å². The number of rotatable bonds is 6. The molecule has 0 aliphatic carbocycles. The molecular formula is C24H29Br2N3O3S. The van der Waals surface area contributed by atoms with E-state index >= 15 is 0 Å². The molecule has 1 aliphatic heterocycles. The van der Waals surface area contributed by atoms with Crippen molar-refractivity contribution < 1.29 is 13.2 Å². The molecule has 3 aromatic rings. The summed E-state index contributed by atoms with van der Waals surface area (Å²) < 4.78 is 33.1. The summed E-state index contributed by atoms with van der Waals surface area (Å²) in [7, 11) is 0.366. The van der Waals surface area contributed by atoms with Gasteiger partial charge in [-0.3, -0.25) is 4.90 Å². The molecule has 0 bridgehead atoms. The van der Waals surface area contributed by atoms with Crippen LogP contribution in [-0.2, 0) is 16.6 Å². The zero-order valence-electron chi connectivity index (χ0n) is 18.9. The molecular weight excluding hydrogens is 570 g/mol. The molecule has 0 N–H and O–H groups in total. The van der Waals surface area contributed by atoms with Gasteiger partial charge >= 0.3 is 0 Å². The summed E-state index contributed by atoms with van der Waals surface area (Å²) in [6.07, 6.45) is 3.07. The Morgan fingerprint density at radius 2 is 1.73 bits per heavy atom. The highest BCUT2D eigenvalue weighted by Gasteiger charge is 2.20. The molecule has 1 aromatic heterocycles. The van der Waals surface area contributed by atoms with Gasteiger partial charge in [0.25, 0.3) is 0 Å². The Balaban J connectivity index is 0.000000286. The number of para-hydroxylation sites is 1. The summed E-state index contributed by atoms with van der Waals surface area (Å²) in [6.45, 7) is 8.55. The zero-order valence-corrected chi connectivity index (χ0v) is 22.9. The van der Waals surface area contributed by atoms with Crippen LogP contribution in [0.4, 0.5) is 0 Å². The van der Waals surface area contributed by atoms with Gasteiger partial charge in [0.1, 0.15) is 5.75 Å². The summed E-state index contributed by atoms with van der Waals surface area (Å²) in [6, 6.07) is 13.6. The molecule has 0 unspecified atom stereocenters. The number of fused-ring (bicyclic) bond motifs is 1. The van der Waals surface area contributed by atoms with Crippen molar-refractivity contribution in [2.45, 2.75) is 6.54 Å². The Kier molecular flexibility index (Phi) is 9.17. The van der Waals surface area contributed by atoms with Crippen LogP contribution in [0.5, 0.6) is 5.75 Å². The van der Waals surface area contributed by atoms with Crippen molar-refractivity contribution >= 4 is 52.8 Å². The fraction of sp³-hybridized carbons (Fsp3) is 0.333. The number of hydrogen-bond donors (Lipinski definition) is 0. The first-order chi connectivity index (χ1) is 15.8. The minimum Gasteiger partial charge on any atom is -0.496 e. The highest BCUT2D eigenvalue weighted by Crippen LogP contribution is 2.31. The Bertz CT molecular complexity index is 1200. The van der Waals surface area contributed by atoms with E-state index in [1.54, 1.807) is 13.3 Å². The van der Waals surface area contributed by atoms with Crippen LogP contribution in [0, 0.1) is 0 Å². The maximum atomic E-state index is 12.5. The van der Waals surface area contributed by atoms with Gasteiger partial charge in [-0.15, -0.1) is 6.58 Å². The Morgan fingerprint density at radius 3 is 2.33 bits per heavy atom. The third-order valence-corrected chi connectivity index (χ3v) is 8.32. The van der Waals surface area contributed by atoms with Gasteiger partial charge in [0.2, 0.25) is 10.0 Å². The molecule has 0 amide bonds. The molecule has 178 valence electrons. The first-order valence-electron chi connectivity index (χ1n) is 10.6. The number of aromatic nitrogens is 1. The highest BCUT2D eigenvalue weighted by atomic mass is 79.9. The normalized spacial score (nSPS) is 15.2. The van der Waals surface area contributed by atoms with Crippen LogP contribution in [-0.4, -0.2) is 68.3 Å². The first kappa shape index (κ1) is 26.0. The lowest BCUT2D eigenvalue weighted by Gasteiger charge is -2.32. The molecule has 1 saturated heterocycles. The van der Waals surface area contributed by atoms with Crippen LogP contribution in [0.2, 0.25) is 0 Å². The van der Waals surface area contributed by atoms with Crippen LogP contribution in [0.25, 0.3) is 10.9 Å². The summed E-state index contributed by atoms with van der Waals surface area (Å²) in [4.78, 5) is 4.74. The monoisotopic (exact) mass is 597 g/mol. The van der Waals surface area contributed by atoms with Crippen molar-refractivity contribution in [1.82, 2.24) is 13.8 Å². The van der Waals surface area contributed by atoms with E-state index in [9.17, 15) is 8.42 Å². The Labute approximate surface area is 213 Å². The topological polar surface area (TPSA) is 54.8 Å². The van der Waals surface area contributed by atoms with E-state index in [2.05, 4.69) is 61.4 Å². The molecule has 0 spiro atoms. The predicted octanol–water partition coefficient (Wildman–Crippen LogP) is 4.97. The number of methoxy groups -OCH3 is 1. The van der Waals surface area contributed by atoms with Crippen molar-refractivity contribution in [2.75, 3.05) is 46.1 Å². The second-order valence-corrected chi connectivity index (χ2v) is 11.5. The van der Waals surface area contributed by atoms with Crippen molar-refractivity contribution in [3.63, 3.8) is 0 Å². The number of piperazine rings is 1. The summed E-state index contributed by atoms with van der Waals surface area (Å²) in [5.74, 6) is 0.795. The van der Waals surface area contributed by atoms with Crippen LogP contribution in [0.15, 0.2) is 70.3 Å². The number of hydrogen-bond acceptors (Lipinski definition) is 5. The van der Waals surface area contributed by atoms with Crippen LogP contribution >= 0.6 is 31.9 Å². The third-order valence-electron chi connectivity index (χ3n) is 5.51. The molecule has 0 atom stereocenters. The minimum absolute atomic E-state index is 0.0775. The van der Waals surface area contributed by atoms with Gasteiger partial charge in [-0.2, -0.15) is 0 Å². The van der Waals surface area contributed by atoms with Gasteiger partial charge < -0.3 is 9.64 Å². The molecule has 4 rings (SSSR count). The molecule has 1 aliphatic rings. The fourth-order valence-electron chi connectivity index (χ4n) is 3.73. The quantitative estimate of drug-likeness (QED) is 0.375. The van der Waals surface area contributed by atoms with Crippen LogP contribution in [0.1, 0.15) is 5.56 Å². The zero-order chi connectivity index (χ0) is 24.0. The number of benzene rings is 2. The van der Waals surface area contributed by atoms with Crippen LogP contribution in [0.3, 0.4) is 0 Å². The minimum atomic E-state index is -3.42. The van der Waals surface area contributed by atoms with E-state index in [1.807, 2.05) is 36.4 Å². The van der Waals surface area contributed by atoms with Gasteiger partial charge in [-0.05, 0) is 62.7 Å². The van der Waals surface area contributed by atoms with Gasteiger partial charge in [-0.25, -0.2) is 12.4 Å². The number of nitrogens with zero attached hydrogens (tertiary/aromatic N) is 3. The molecule has 0 radical (unpaired) electrons. The molecule has 2 heterocycles. The smallest absolute Gasteiger partial charge is 0.242 e. The van der Waals surface area contributed by atoms with Crippen molar-refractivity contribution in [3.05, 3.63) is 75.8 Å². The van der Waals surface area contributed by atoms with E-state index < -0.39 is 10.0 Å². The molecule has 9 heteroatoms. The number of likely N-dealkylation sites (N-methyl/N-ethyl adjacent to an activating group) is 1. The first-order valence-corrected chi connectivity index (χ1v) is 13.8. The fourth-order valence-corrected chi connectivity index (χ4v) is 6.15. The van der Waals surface area contributed by atoms with Gasteiger partial charge in [-0.1, -0.05) is 30.3 Å². The number of halogens is 2. The van der Waals surface area contributed by atoms with E-state index in [0.29, 0.717) is 0 Å². The van der Waals surface area contributed by atoms with Crippen LogP contribution < -0.4 is 4.74 Å². The van der Waals surface area contributed by atoms with E-state index in [-0.39, 0.29) is 5.75 Å². The standard InChI is InChI=1S/C17H22BrN3O2S.C7H7BrO/c1-3-11-24(22,23)21-13-15(18)17-14(5-4-6-16(17)21)12-20-9-7-19(2)8-10-20;1-9-7-5-3-2-4-6(7)8/h3-6,13H,1,7-12H2,2H3;2-5H,1H3. The van der Waals surface area contributed by atoms with E-state index in [4.69, 9.17) is 4.74 Å². The lowest BCUT2D eigenvalue weighted by Crippen LogP contribution is -2.43. The molecule has 6 nitrogen and oxygen atoms in total. The SMILES string of the molecule is C=CCS(=O)(=O)n1cc(Br)c2c(CN3CCN(C)CC3)cccc21.COc1ccccc1Br. The Hall–Kier alpha value is -1.65. The maximum Gasteiger partial charge on any atom is 0.242 e. The molecule has 33 heavy (non-hydrogen) atoms. The highest BCUT2D eigenvalue weighted by molar-refractivity contribution is 9.11. The molecule has 1 fully saturated rings. The van der Waals surface area contributed by atoms with Crippen molar-refractivity contribution in [1.29, 1.82) is 0 Å². The lowest BCUT2D eigenvalue weighted by atomic mass is 10.1.